The zero-order valence-corrected chi connectivity index (χ0v) is 10.9. The lowest BCUT2D eigenvalue weighted by atomic mass is 9.91. The fourth-order valence-electron chi connectivity index (χ4n) is 1.79. The van der Waals surface area contributed by atoms with E-state index in [4.69, 9.17) is 0 Å². The average molecular weight is 243 g/mol. The number of pyridine rings is 1. The molecule has 3 nitrogen and oxygen atoms in total. The Labute approximate surface area is 106 Å². The number of carbonyl (C=O) groups excluding carboxylic acids is 1. The number of nitrogens with zero attached hydrogens (tertiary/aromatic N) is 1. The van der Waals surface area contributed by atoms with Crippen LogP contribution in [0.2, 0.25) is 0 Å². The van der Waals surface area contributed by atoms with Gasteiger partial charge >= 0.3 is 0 Å². The van der Waals surface area contributed by atoms with Crippen molar-refractivity contribution >= 4 is 16.7 Å². The molecule has 0 saturated heterocycles. The highest BCUT2D eigenvalue weighted by Gasteiger charge is 2.22. The van der Waals surface area contributed by atoms with E-state index in [1.807, 2.05) is 45.0 Å². The van der Waals surface area contributed by atoms with Crippen molar-refractivity contribution in [3.63, 3.8) is 0 Å². The Hall–Kier alpha value is -1.90. The van der Waals surface area contributed by atoms with Gasteiger partial charge in [0.1, 0.15) is 0 Å². The minimum Gasteiger partial charge on any atom is -0.301 e. The second-order valence-electron chi connectivity index (χ2n) is 5.49. The largest absolute Gasteiger partial charge is 0.301 e. The third kappa shape index (κ3) is 2.35. The van der Waals surface area contributed by atoms with Crippen molar-refractivity contribution in [2.24, 2.45) is 5.41 Å². The first kappa shape index (κ1) is 12.6. The third-order valence-corrected chi connectivity index (χ3v) is 3.04. The van der Waals surface area contributed by atoms with Crippen LogP contribution < -0.4 is 5.56 Å². The fraction of sp³-hybridized carbons (Fsp3) is 0.333. The van der Waals surface area contributed by atoms with Crippen LogP contribution in [0.4, 0.5) is 0 Å². The lowest BCUT2D eigenvalue weighted by Gasteiger charge is -2.18. The molecule has 94 valence electrons. The molecule has 0 aliphatic rings. The van der Waals surface area contributed by atoms with Crippen molar-refractivity contribution in [1.82, 2.24) is 4.57 Å². The molecule has 18 heavy (non-hydrogen) atoms. The molecule has 2 aromatic rings. The van der Waals surface area contributed by atoms with Crippen LogP contribution in [0.15, 0.2) is 41.2 Å². The molecular formula is C15H17NO2. The topological polar surface area (TPSA) is 39.1 Å². The van der Waals surface area contributed by atoms with E-state index < -0.39 is 5.41 Å². The number of fused-ring (bicyclic) bond motifs is 1. The molecule has 1 aromatic carbocycles. The first-order chi connectivity index (χ1) is 8.39. The summed E-state index contributed by atoms with van der Waals surface area (Å²) in [6.07, 6.45) is 0. The van der Waals surface area contributed by atoms with E-state index in [1.54, 1.807) is 10.6 Å². The summed E-state index contributed by atoms with van der Waals surface area (Å²) >= 11 is 0. The predicted molar refractivity (Wildman–Crippen MR) is 72.7 cm³/mol. The highest BCUT2D eigenvalue weighted by molar-refractivity contribution is 5.86. The van der Waals surface area contributed by atoms with Gasteiger partial charge in [-0.3, -0.25) is 9.59 Å². The molecule has 0 aliphatic heterocycles. The van der Waals surface area contributed by atoms with Crippen LogP contribution in [-0.4, -0.2) is 10.4 Å². The van der Waals surface area contributed by atoms with Gasteiger partial charge in [0.25, 0.3) is 5.56 Å². The normalized spacial score (nSPS) is 11.7. The summed E-state index contributed by atoms with van der Waals surface area (Å²) in [5, 5.41) is 0.971. The maximum absolute atomic E-state index is 12.1. The molecule has 3 heteroatoms. The predicted octanol–water partition coefficient (Wildman–Crippen LogP) is 2.62. The van der Waals surface area contributed by atoms with E-state index in [0.717, 1.165) is 10.9 Å². The molecule has 1 heterocycles. The van der Waals surface area contributed by atoms with Crippen LogP contribution in [-0.2, 0) is 11.3 Å². The van der Waals surface area contributed by atoms with Gasteiger partial charge in [0, 0.05) is 11.5 Å². The number of para-hydroxylation sites is 1. The average Bonchev–Trinajstić information content (AvgIpc) is 2.31. The van der Waals surface area contributed by atoms with Crippen molar-refractivity contribution in [3.8, 4) is 0 Å². The SMILES string of the molecule is CC(C)(C)C(=O)Cn1c(=O)ccc2ccccc21. The number of carbonyl (C=O) groups is 1. The molecular weight excluding hydrogens is 226 g/mol. The van der Waals surface area contributed by atoms with Gasteiger partial charge in [-0.15, -0.1) is 0 Å². The Morgan fingerprint density at radius 3 is 2.44 bits per heavy atom. The van der Waals surface area contributed by atoms with Crippen LogP contribution in [0.25, 0.3) is 10.9 Å². The Morgan fingerprint density at radius 1 is 1.11 bits per heavy atom. The summed E-state index contributed by atoms with van der Waals surface area (Å²) in [6.45, 7) is 5.73. The number of ketones is 1. The van der Waals surface area contributed by atoms with Crippen LogP contribution >= 0.6 is 0 Å². The number of benzene rings is 1. The van der Waals surface area contributed by atoms with Gasteiger partial charge in [0.2, 0.25) is 0 Å². The zero-order valence-electron chi connectivity index (χ0n) is 10.9. The summed E-state index contributed by atoms with van der Waals surface area (Å²) in [4.78, 5) is 24.0. The van der Waals surface area contributed by atoms with Gasteiger partial charge in [-0.25, -0.2) is 0 Å². The second kappa shape index (κ2) is 4.41. The fourth-order valence-corrected chi connectivity index (χ4v) is 1.79. The number of hydrogen-bond donors (Lipinski definition) is 0. The summed E-state index contributed by atoms with van der Waals surface area (Å²) in [5.74, 6) is 0.0564. The number of hydrogen-bond acceptors (Lipinski definition) is 2. The smallest absolute Gasteiger partial charge is 0.251 e. The molecule has 0 bridgehead atoms. The Morgan fingerprint density at radius 2 is 1.78 bits per heavy atom. The highest BCUT2D eigenvalue weighted by Crippen LogP contribution is 2.17. The maximum Gasteiger partial charge on any atom is 0.251 e. The third-order valence-electron chi connectivity index (χ3n) is 3.04. The minimum atomic E-state index is -0.434. The number of Topliss-reactive ketones (excluding diaryl/α,β-unsaturated/α-hetero) is 1. The van der Waals surface area contributed by atoms with Gasteiger partial charge in [-0.05, 0) is 17.5 Å². The first-order valence-corrected chi connectivity index (χ1v) is 6.01. The summed E-state index contributed by atoms with van der Waals surface area (Å²) in [5.41, 5.74) is 0.241. The molecule has 1 aromatic heterocycles. The summed E-state index contributed by atoms with van der Waals surface area (Å²) in [6, 6.07) is 10.9. The lowest BCUT2D eigenvalue weighted by Crippen LogP contribution is -2.30. The molecule has 0 N–H and O–H groups in total. The summed E-state index contributed by atoms with van der Waals surface area (Å²) in [7, 11) is 0. The highest BCUT2D eigenvalue weighted by atomic mass is 16.1. The quantitative estimate of drug-likeness (QED) is 0.813. The minimum absolute atomic E-state index is 0.0564. The van der Waals surface area contributed by atoms with Crippen molar-refractivity contribution in [1.29, 1.82) is 0 Å². The molecule has 0 spiro atoms. The molecule has 0 amide bonds. The van der Waals surface area contributed by atoms with Gasteiger partial charge in [-0.1, -0.05) is 39.0 Å². The van der Waals surface area contributed by atoms with Crippen molar-refractivity contribution < 1.29 is 4.79 Å². The second-order valence-corrected chi connectivity index (χ2v) is 5.49. The lowest BCUT2D eigenvalue weighted by molar-refractivity contribution is -0.126. The van der Waals surface area contributed by atoms with Crippen molar-refractivity contribution in [2.75, 3.05) is 0 Å². The monoisotopic (exact) mass is 243 g/mol. The van der Waals surface area contributed by atoms with E-state index in [1.165, 1.54) is 6.07 Å². The first-order valence-electron chi connectivity index (χ1n) is 6.01. The Kier molecular flexibility index (Phi) is 3.07. The molecule has 0 radical (unpaired) electrons. The Balaban J connectivity index is 2.54. The molecule has 0 unspecified atom stereocenters. The molecule has 0 saturated carbocycles. The van der Waals surface area contributed by atoms with Crippen LogP contribution in [0.1, 0.15) is 20.8 Å². The van der Waals surface area contributed by atoms with E-state index in [9.17, 15) is 9.59 Å². The molecule has 2 rings (SSSR count). The van der Waals surface area contributed by atoms with Gasteiger partial charge in [-0.2, -0.15) is 0 Å². The van der Waals surface area contributed by atoms with Gasteiger partial charge < -0.3 is 4.57 Å². The van der Waals surface area contributed by atoms with Crippen molar-refractivity contribution in [2.45, 2.75) is 27.3 Å². The van der Waals surface area contributed by atoms with Crippen LogP contribution in [0.3, 0.4) is 0 Å². The summed E-state index contributed by atoms with van der Waals surface area (Å²) < 4.78 is 1.54. The van der Waals surface area contributed by atoms with E-state index in [0.29, 0.717) is 0 Å². The van der Waals surface area contributed by atoms with Gasteiger partial charge in [0.15, 0.2) is 5.78 Å². The van der Waals surface area contributed by atoms with Crippen LogP contribution in [0.5, 0.6) is 0 Å². The maximum atomic E-state index is 12.1. The standard InChI is InChI=1S/C15H17NO2/c1-15(2,3)13(17)10-16-12-7-5-4-6-11(12)8-9-14(16)18/h4-9H,10H2,1-3H3. The molecule has 0 atom stereocenters. The van der Waals surface area contributed by atoms with Gasteiger partial charge in [0.05, 0.1) is 12.1 Å². The van der Waals surface area contributed by atoms with E-state index >= 15 is 0 Å². The molecule has 0 fully saturated rings. The molecule has 0 aliphatic carbocycles. The Bertz CT molecular complexity index is 647. The zero-order chi connectivity index (χ0) is 13.3. The van der Waals surface area contributed by atoms with Crippen LogP contribution in [0, 0.1) is 5.41 Å². The van der Waals surface area contributed by atoms with E-state index in [2.05, 4.69) is 0 Å². The number of rotatable bonds is 2. The van der Waals surface area contributed by atoms with E-state index in [-0.39, 0.29) is 17.9 Å². The number of aromatic nitrogens is 1. The van der Waals surface area contributed by atoms with Crippen molar-refractivity contribution in [3.05, 3.63) is 46.8 Å².